The number of piperazine rings is 1. The van der Waals surface area contributed by atoms with Gasteiger partial charge in [0, 0.05) is 26.2 Å². The van der Waals surface area contributed by atoms with Gasteiger partial charge in [-0.3, -0.25) is 14.2 Å². The maximum absolute atomic E-state index is 13.2. The van der Waals surface area contributed by atoms with Crippen molar-refractivity contribution in [1.29, 1.82) is 0 Å². The van der Waals surface area contributed by atoms with Crippen molar-refractivity contribution in [1.82, 2.24) is 9.47 Å². The van der Waals surface area contributed by atoms with Crippen molar-refractivity contribution in [2.24, 2.45) is 0 Å². The second kappa shape index (κ2) is 11.1. The number of para-hydroxylation sites is 4. The van der Waals surface area contributed by atoms with Gasteiger partial charge in [-0.25, -0.2) is 8.42 Å². The molecule has 1 saturated heterocycles. The smallest absolute Gasteiger partial charge is 0.270 e. The number of oxazole rings is 1. The summed E-state index contributed by atoms with van der Waals surface area (Å²) in [4.78, 5) is 5.01. The minimum absolute atomic E-state index is 0.109. The summed E-state index contributed by atoms with van der Waals surface area (Å²) in [5.74, 6) is 1.33. The first-order chi connectivity index (χ1) is 18.4. The quantitative estimate of drug-likeness (QED) is 0.291. The van der Waals surface area contributed by atoms with Crippen LogP contribution in [-0.4, -0.2) is 57.8 Å². The summed E-state index contributed by atoms with van der Waals surface area (Å²) in [7, 11) is -2.38. The third-order valence-electron chi connectivity index (χ3n) is 6.52. The van der Waals surface area contributed by atoms with Crippen LogP contribution in [0.1, 0.15) is 6.92 Å². The van der Waals surface area contributed by atoms with Gasteiger partial charge >= 0.3 is 0 Å². The molecule has 3 aromatic carbocycles. The van der Waals surface area contributed by atoms with Crippen LogP contribution in [0.3, 0.4) is 0 Å². The molecule has 0 atom stereocenters. The molecule has 0 amide bonds. The SMILES string of the molecule is CCOc1ccccc1N1CCN(Cn2c(=S)oc3ccc(S(=O)(=O)Nc4ccccc4OC)cc32)CC1. The van der Waals surface area contributed by atoms with E-state index in [-0.39, 0.29) is 4.90 Å². The van der Waals surface area contributed by atoms with Crippen LogP contribution in [0.4, 0.5) is 11.4 Å². The number of benzene rings is 3. The Morgan fingerprint density at radius 1 is 0.974 bits per heavy atom. The summed E-state index contributed by atoms with van der Waals surface area (Å²) in [6.45, 7) is 6.37. The van der Waals surface area contributed by atoms with Gasteiger partial charge in [0.05, 0.1) is 42.2 Å². The number of nitrogens with zero attached hydrogens (tertiary/aromatic N) is 3. The topological polar surface area (TPSA) is 89.2 Å². The Bertz CT molecular complexity index is 1590. The van der Waals surface area contributed by atoms with Gasteiger partial charge in [-0.2, -0.15) is 0 Å². The normalized spacial score (nSPS) is 14.5. The third kappa shape index (κ3) is 5.35. The number of hydrogen-bond donors (Lipinski definition) is 1. The fraction of sp³-hybridized carbons (Fsp3) is 0.296. The molecule has 200 valence electrons. The zero-order chi connectivity index (χ0) is 26.7. The molecule has 1 aliphatic rings. The number of nitrogens with one attached hydrogen (secondary N) is 1. The minimum Gasteiger partial charge on any atom is -0.495 e. The van der Waals surface area contributed by atoms with Crippen molar-refractivity contribution in [3.8, 4) is 11.5 Å². The van der Waals surface area contributed by atoms with E-state index in [4.69, 9.17) is 26.1 Å². The maximum atomic E-state index is 13.2. The highest BCUT2D eigenvalue weighted by Gasteiger charge is 2.23. The first kappa shape index (κ1) is 26.1. The van der Waals surface area contributed by atoms with Gasteiger partial charge in [0.25, 0.3) is 14.9 Å². The van der Waals surface area contributed by atoms with Gasteiger partial charge in [0.1, 0.15) is 11.5 Å². The van der Waals surface area contributed by atoms with Gasteiger partial charge in [-0.05, 0) is 61.6 Å². The molecule has 1 aliphatic heterocycles. The van der Waals surface area contributed by atoms with E-state index in [1.807, 2.05) is 29.7 Å². The number of aromatic nitrogens is 1. The second-order valence-electron chi connectivity index (χ2n) is 8.88. The molecular formula is C27H30N4O5S2. The molecule has 0 radical (unpaired) electrons. The lowest BCUT2D eigenvalue weighted by atomic mass is 10.2. The van der Waals surface area contributed by atoms with Crippen molar-refractivity contribution in [3.63, 3.8) is 0 Å². The lowest BCUT2D eigenvalue weighted by molar-refractivity contribution is 0.204. The number of rotatable bonds is 9. The van der Waals surface area contributed by atoms with E-state index < -0.39 is 10.0 Å². The highest BCUT2D eigenvalue weighted by molar-refractivity contribution is 7.92. The van der Waals surface area contributed by atoms with Crippen molar-refractivity contribution in [2.45, 2.75) is 18.5 Å². The number of hydrogen-bond acceptors (Lipinski definition) is 8. The minimum atomic E-state index is -3.88. The van der Waals surface area contributed by atoms with E-state index in [0.29, 0.717) is 40.6 Å². The molecule has 1 N–H and O–H groups in total. The predicted molar refractivity (Wildman–Crippen MR) is 150 cm³/mol. The molecule has 2 heterocycles. The molecule has 0 bridgehead atoms. The zero-order valence-electron chi connectivity index (χ0n) is 21.3. The van der Waals surface area contributed by atoms with Crippen LogP contribution in [-0.2, 0) is 16.7 Å². The van der Waals surface area contributed by atoms with Crippen LogP contribution < -0.4 is 19.1 Å². The maximum Gasteiger partial charge on any atom is 0.270 e. The number of ether oxygens (including phenoxy) is 2. The first-order valence-corrected chi connectivity index (χ1v) is 14.3. The Morgan fingerprint density at radius 2 is 1.68 bits per heavy atom. The van der Waals surface area contributed by atoms with Gasteiger partial charge in [-0.15, -0.1) is 0 Å². The molecular weight excluding hydrogens is 524 g/mol. The highest BCUT2D eigenvalue weighted by Crippen LogP contribution is 2.30. The molecule has 0 spiro atoms. The van der Waals surface area contributed by atoms with Crippen molar-refractivity contribution >= 4 is 44.7 Å². The van der Waals surface area contributed by atoms with Gasteiger partial charge in [-0.1, -0.05) is 24.3 Å². The van der Waals surface area contributed by atoms with E-state index in [0.717, 1.165) is 37.6 Å². The van der Waals surface area contributed by atoms with Crippen LogP contribution in [0.25, 0.3) is 11.1 Å². The third-order valence-corrected chi connectivity index (χ3v) is 8.19. The summed E-state index contributed by atoms with van der Waals surface area (Å²) in [5, 5.41) is 0. The van der Waals surface area contributed by atoms with E-state index >= 15 is 0 Å². The average molecular weight is 555 g/mol. The molecule has 0 saturated carbocycles. The fourth-order valence-electron chi connectivity index (χ4n) is 4.60. The van der Waals surface area contributed by atoms with Crippen molar-refractivity contribution < 1.29 is 22.3 Å². The lowest BCUT2D eigenvalue weighted by Crippen LogP contribution is -2.46. The molecule has 38 heavy (non-hydrogen) atoms. The molecule has 5 rings (SSSR count). The molecule has 1 aromatic heterocycles. The molecule has 4 aromatic rings. The highest BCUT2D eigenvalue weighted by atomic mass is 32.2. The summed E-state index contributed by atoms with van der Waals surface area (Å²) >= 11 is 5.50. The van der Waals surface area contributed by atoms with Gasteiger partial charge in [0.15, 0.2) is 5.58 Å². The van der Waals surface area contributed by atoms with Gasteiger partial charge < -0.3 is 18.8 Å². The summed E-state index contributed by atoms with van der Waals surface area (Å²) < 4.78 is 47.8. The molecule has 0 unspecified atom stereocenters. The number of sulfonamides is 1. The first-order valence-electron chi connectivity index (χ1n) is 12.4. The van der Waals surface area contributed by atoms with E-state index in [1.165, 1.54) is 13.2 Å². The van der Waals surface area contributed by atoms with E-state index in [1.54, 1.807) is 36.4 Å². The zero-order valence-corrected chi connectivity index (χ0v) is 22.9. The summed E-state index contributed by atoms with van der Waals surface area (Å²) in [6.07, 6.45) is 0. The van der Waals surface area contributed by atoms with E-state index in [2.05, 4.69) is 20.6 Å². The number of fused-ring (bicyclic) bond motifs is 1. The molecule has 0 aliphatic carbocycles. The van der Waals surface area contributed by atoms with Crippen molar-refractivity contribution in [3.05, 3.63) is 71.6 Å². The standard InChI is InChI=1S/C27H30N4O5S2/c1-3-35-25-11-7-5-9-22(25)30-16-14-29(15-17-30)19-31-23-18-20(12-13-26(23)36-27(31)37)38(32,33)28-21-8-4-6-10-24(21)34-2/h4-13,18,28H,3,14-17,19H2,1-2H3. The Morgan fingerprint density at radius 3 is 2.42 bits per heavy atom. The summed E-state index contributed by atoms with van der Waals surface area (Å²) in [6, 6.07) is 19.7. The Balaban J connectivity index is 1.34. The Labute approximate surface area is 227 Å². The molecule has 1 fully saturated rings. The lowest BCUT2D eigenvalue weighted by Gasteiger charge is -2.36. The van der Waals surface area contributed by atoms with Crippen LogP contribution in [0.15, 0.2) is 76.0 Å². The molecule has 9 nitrogen and oxygen atoms in total. The van der Waals surface area contributed by atoms with Crippen LogP contribution >= 0.6 is 12.2 Å². The molecule has 11 heteroatoms. The van der Waals surface area contributed by atoms with Crippen LogP contribution in [0.5, 0.6) is 11.5 Å². The number of methoxy groups -OCH3 is 1. The van der Waals surface area contributed by atoms with Crippen LogP contribution in [0.2, 0.25) is 0 Å². The summed E-state index contributed by atoms with van der Waals surface area (Å²) in [5.41, 5.74) is 2.62. The second-order valence-corrected chi connectivity index (χ2v) is 10.9. The monoisotopic (exact) mass is 554 g/mol. The fourth-order valence-corrected chi connectivity index (χ4v) is 5.94. The van der Waals surface area contributed by atoms with Gasteiger partial charge in [0.2, 0.25) is 0 Å². The van der Waals surface area contributed by atoms with E-state index in [9.17, 15) is 8.42 Å². The predicted octanol–water partition coefficient (Wildman–Crippen LogP) is 4.95. The van der Waals surface area contributed by atoms with Crippen LogP contribution in [0, 0.1) is 4.84 Å². The number of anilines is 2. The van der Waals surface area contributed by atoms with Crippen molar-refractivity contribution in [2.75, 3.05) is 49.5 Å². The average Bonchev–Trinajstić information content (AvgIpc) is 3.24. The largest absolute Gasteiger partial charge is 0.495 e. The Kier molecular flexibility index (Phi) is 7.59. The Hall–Kier alpha value is -3.54.